The van der Waals surface area contributed by atoms with Crippen LogP contribution in [0.2, 0.25) is 0 Å². The Morgan fingerprint density at radius 2 is 0.818 bits per heavy atom. The minimum atomic E-state index is -5.16. The van der Waals surface area contributed by atoms with Gasteiger partial charge in [-0.15, -0.1) is 0 Å². The fourth-order valence-corrected chi connectivity index (χ4v) is 0.707. The molecule has 0 rings (SSSR count). The van der Waals surface area contributed by atoms with Gasteiger partial charge in [-0.2, -0.15) is 0 Å². The molecular weight excluding hydrogens is 396 g/mol. The first-order chi connectivity index (χ1) is 7.71. The summed E-state index contributed by atoms with van der Waals surface area (Å²) in [7, 11) is -10.3. The Labute approximate surface area is 213 Å². The van der Waals surface area contributed by atoms with Crippen LogP contribution in [0, 0.1) is 0 Å². The second-order valence-corrected chi connectivity index (χ2v) is 5.19. The first kappa shape index (κ1) is 39.7. The molecule has 0 amide bonds. The maximum atomic E-state index is 9.55. The SMILES string of the molecule is O=C([O-])C(O)S(=O)(=O)[O-].O=C([O-])C(O)S(=O)(=O)[O-].[Na+].[Na+].[Na+].[Na+]. The summed E-state index contributed by atoms with van der Waals surface area (Å²) in [5.41, 5.74) is -5.92. The zero-order valence-corrected chi connectivity index (χ0v) is 21.6. The van der Waals surface area contributed by atoms with E-state index in [-0.39, 0.29) is 118 Å². The van der Waals surface area contributed by atoms with Crippen LogP contribution in [0.1, 0.15) is 0 Å². The van der Waals surface area contributed by atoms with Gasteiger partial charge in [0.1, 0.15) is 20.2 Å². The van der Waals surface area contributed by atoms with Crippen molar-refractivity contribution < 1.29 is 174 Å². The molecule has 0 spiro atoms. The summed E-state index contributed by atoms with van der Waals surface area (Å²) >= 11 is 0. The Balaban J connectivity index is -0.0000000492. The number of carbonyl (C=O) groups is 2. The van der Waals surface area contributed by atoms with Crippen LogP contribution < -0.4 is 128 Å². The fraction of sp³-hybridized carbons (Fsp3) is 0.500. The van der Waals surface area contributed by atoms with Crippen LogP contribution in [0.4, 0.5) is 0 Å². The molecule has 0 aromatic rings. The van der Waals surface area contributed by atoms with Gasteiger partial charge in [0.25, 0.3) is 0 Å². The van der Waals surface area contributed by atoms with Crippen LogP contribution in [0.25, 0.3) is 0 Å². The number of hydrogen-bond acceptors (Lipinski definition) is 12. The summed E-state index contributed by atoms with van der Waals surface area (Å²) in [6.07, 6.45) is 0. The van der Waals surface area contributed by atoms with Gasteiger partial charge in [0, 0.05) is 0 Å². The van der Waals surface area contributed by atoms with Gasteiger partial charge < -0.3 is 39.1 Å². The van der Waals surface area contributed by atoms with Crippen molar-refractivity contribution >= 4 is 32.2 Å². The van der Waals surface area contributed by atoms with Gasteiger partial charge >= 0.3 is 118 Å². The number of carbonyl (C=O) groups excluding carboxylic acids is 2. The molecule has 0 fully saturated rings. The third kappa shape index (κ3) is 20.7. The first-order valence-corrected chi connectivity index (χ1v) is 6.32. The van der Waals surface area contributed by atoms with E-state index in [4.69, 9.17) is 10.2 Å². The van der Waals surface area contributed by atoms with Gasteiger partial charge in [-0.1, -0.05) is 0 Å². The third-order valence-corrected chi connectivity index (χ3v) is 2.43. The average molecular weight is 400 g/mol. The summed E-state index contributed by atoms with van der Waals surface area (Å²) in [6.45, 7) is 0. The zero-order chi connectivity index (χ0) is 15.3. The van der Waals surface area contributed by atoms with E-state index in [1.165, 1.54) is 0 Å². The Morgan fingerprint density at radius 3 is 0.818 bits per heavy atom. The molecule has 0 bridgehead atoms. The number of aliphatic hydroxyl groups excluding tert-OH is 2. The normalized spacial score (nSPS) is 12.2. The number of aliphatic carboxylic acids is 2. The second kappa shape index (κ2) is 17.1. The van der Waals surface area contributed by atoms with E-state index in [0.29, 0.717) is 0 Å². The van der Waals surface area contributed by atoms with Gasteiger partial charge in [-0.25, -0.2) is 16.8 Å². The van der Waals surface area contributed by atoms with Crippen LogP contribution in [0.15, 0.2) is 0 Å². The van der Waals surface area contributed by atoms with E-state index in [9.17, 15) is 45.7 Å². The second-order valence-electron chi connectivity index (χ2n) is 2.33. The molecule has 108 valence electrons. The molecule has 12 nitrogen and oxygen atoms in total. The molecule has 0 saturated carbocycles. The maximum absolute atomic E-state index is 9.55. The van der Waals surface area contributed by atoms with Gasteiger partial charge in [0.05, 0.1) is 11.9 Å². The van der Waals surface area contributed by atoms with E-state index >= 15 is 0 Å². The molecule has 0 aliphatic rings. The van der Waals surface area contributed by atoms with Gasteiger partial charge in [-0.05, 0) is 0 Å². The standard InChI is InChI=1S/2C2H4O6S.4Na/c2*3-1(4)2(5)9(6,7)8;;;;/h2*2,5H,(H,3,4)(H,6,7,8);;;;/q;;4*+1/p-4. The molecule has 0 saturated heterocycles. The van der Waals surface area contributed by atoms with Crippen molar-refractivity contribution in [3.05, 3.63) is 0 Å². The minimum Gasteiger partial charge on any atom is -0.746 e. The third-order valence-electron chi connectivity index (χ3n) is 0.950. The Kier molecular flexibility index (Phi) is 30.8. The summed E-state index contributed by atoms with van der Waals surface area (Å²) in [6, 6.07) is 0. The number of carboxylic acids is 2. The van der Waals surface area contributed by atoms with Crippen molar-refractivity contribution in [2.24, 2.45) is 0 Å². The molecule has 2 unspecified atom stereocenters. The summed E-state index contributed by atoms with van der Waals surface area (Å²) < 4.78 is 57.3. The smallest absolute Gasteiger partial charge is 0.746 e. The molecule has 22 heavy (non-hydrogen) atoms. The Morgan fingerprint density at radius 1 is 0.682 bits per heavy atom. The molecule has 2 N–H and O–H groups in total. The number of carboxylic acid groups (broad SMARTS) is 2. The molecule has 0 heterocycles. The topological polar surface area (TPSA) is 235 Å². The molecular formula is C4H4Na4O12S2. The van der Waals surface area contributed by atoms with Crippen LogP contribution in [-0.4, -0.2) is 59.0 Å². The number of rotatable bonds is 4. The zero-order valence-electron chi connectivity index (χ0n) is 11.9. The van der Waals surface area contributed by atoms with Crippen LogP contribution in [-0.2, 0) is 29.8 Å². The molecule has 0 aliphatic carbocycles. The molecule has 0 radical (unpaired) electrons. The molecule has 18 heteroatoms. The van der Waals surface area contributed by atoms with E-state index in [0.717, 1.165) is 0 Å². The van der Waals surface area contributed by atoms with Crippen molar-refractivity contribution in [3.8, 4) is 0 Å². The van der Waals surface area contributed by atoms with Gasteiger partial charge in [0.2, 0.25) is 0 Å². The van der Waals surface area contributed by atoms with Crippen LogP contribution >= 0.6 is 0 Å². The predicted molar refractivity (Wildman–Crippen MR) is 41.4 cm³/mol. The molecule has 2 atom stereocenters. The summed E-state index contributed by atoms with van der Waals surface area (Å²) in [4.78, 5) is 18.8. The van der Waals surface area contributed by atoms with Crippen molar-refractivity contribution in [1.82, 2.24) is 0 Å². The van der Waals surface area contributed by atoms with E-state index in [2.05, 4.69) is 0 Å². The van der Waals surface area contributed by atoms with E-state index < -0.39 is 43.0 Å². The molecule has 0 aliphatic heterocycles. The fourth-order valence-electron chi connectivity index (χ4n) is 0.236. The Bertz CT molecular complexity index is 465. The molecule has 0 aromatic carbocycles. The first-order valence-electron chi connectivity index (χ1n) is 3.38. The predicted octanol–water partition coefficient (Wildman–Crippen LogP) is -18.8. The minimum absolute atomic E-state index is 0. The maximum Gasteiger partial charge on any atom is 1.00 e. The van der Waals surface area contributed by atoms with Crippen LogP contribution in [0.5, 0.6) is 0 Å². The largest absolute Gasteiger partial charge is 1.00 e. The Hall–Kier alpha value is 2.68. The van der Waals surface area contributed by atoms with E-state index in [1.54, 1.807) is 0 Å². The quantitative estimate of drug-likeness (QED) is 0.330. The monoisotopic (exact) mass is 400 g/mol. The average Bonchev–Trinajstić information content (AvgIpc) is 2.13. The molecule has 0 aromatic heterocycles. The van der Waals surface area contributed by atoms with E-state index in [1.807, 2.05) is 0 Å². The van der Waals surface area contributed by atoms with Crippen LogP contribution in [0.3, 0.4) is 0 Å². The summed E-state index contributed by atoms with van der Waals surface area (Å²) in [5.74, 6) is -4.63. The van der Waals surface area contributed by atoms with Crippen molar-refractivity contribution in [1.29, 1.82) is 0 Å². The number of aliphatic hydroxyl groups is 2. The van der Waals surface area contributed by atoms with Gasteiger partial charge in [-0.3, -0.25) is 0 Å². The van der Waals surface area contributed by atoms with Crippen molar-refractivity contribution in [2.45, 2.75) is 10.9 Å². The summed E-state index contributed by atoms with van der Waals surface area (Å²) in [5, 5.41) is 34.6. The van der Waals surface area contributed by atoms with Crippen molar-refractivity contribution in [2.75, 3.05) is 0 Å². The number of hydrogen-bond donors (Lipinski definition) is 2. The van der Waals surface area contributed by atoms with Gasteiger partial charge in [0.15, 0.2) is 10.9 Å². The van der Waals surface area contributed by atoms with Crippen molar-refractivity contribution in [3.63, 3.8) is 0 Å².